The van der Waals surface area contributed by atoms with E-state index in [4.69, 9.17) is 5.11 Å². The fraction of sp³-hybridized carbons (Fsp3) is 0.400. The van der Waals surface area contributed by atoms with Gasteiger partial charge in [0.15, 0.2) is 0 Å². The quantitative estimate of drug-likeness (QED) is 0.660. The van der Waals surface area contributed by atoms with E-state index in [-0.39, 0.29) is 0 Å². The van der Waals surface area contributed by atoms with Gasteiger partial charge in [0.1, 0.15) is 0 Å². The first-order chi connectivity index (χ1) is 13.7. The molecule has 3 heteroatoms. The smallest absolute Gasteiger partial charge is 0.303 e. The Morgan fingerprint density at radius 2 is 1.61 bits per heavy atom. The number of nitrogens with zero attached hydrogens (tertiary/aromatic N) is 1. The highest BCUT2D eigenvalue weighted by Crippen LogP contribution is 2.36. The topological polar surface area (TPSA) is 40.5 Å². The first kappa shape index (κ1) is 18.9. The molecule has 146 valence electrons. The lowest BCUT2D eigenvalue weighted by Crippen LogP contribution is -2.34. The fourth-order valence-electron chi connectivity index (χ4n) is 4.66. The maximum atomic E-state index is 10.8. The maximum Gasteiger partial charge on any atom is 0.303 e. The van der Waals surface area contributed by atoms with Crippen LogP contribution in [-0.2, 0) is 11.2 Å². The largest absolute Gasteiger partial charge is 0.481 e. The Hall–Kier alpha value is -2.39. The first-order valence-electron chi connectivity index (χ1n) is 10.5. The predicted molar refractivity (Wildman–Crippen MR) is 113 cm³/mol. The molecule has 1 saturated heterocycles. The molecular weight excluding hydrogens is 346 g/mol. The molecule has 1 heterocycles. The van der Waals surface area contributed by atoms with Crippen LogP contribution in [0, 0.1) is 5.92 Å². The van der Waals surface area contributed by atoms with Crippen LogP contribution < -0.4 is 0 Å². The molecule has 1 fully saturated rings. The van der Waals surface area contributed by atoms with Crippen LogP contribution in [0.1, 0.15) is 54.4 Å². The molecule has 0 atom stereocenters. The second kappa shape index (κ2) is 8.74. The second-order valence-corrected chi connectivity index (χ2v) is 8.11. The van der Waals surface area contributed by atoms with Crippen molar-refractivity contribution in [3.63, 3.8) is 0 Å². The van der Waals surface area contributed by atoms with Gasteiger partial charge in [0.2, 0.25) is 0 Å². The summed E-state index contributed by atoms with van der Waals surface area (Å²) in [7, 11) is 0. The highest BCUT2D eigenvalue weighted by atomic mass is 16.4. The van der Waals surface area contributed by atoms with E-state index in [1.54, 1.807) is 0 Å². The van der Waals surface area contributed by atoms with Crippen LogP contribution in [0.2, 0.25) is 0 Å². The SMILES string of the molecule is O=C(O)CCC1CCN(CCC=C2c3ccccc3Cc3ccccc32)CC1. The molecule has 28 heavy (non-hydrogen) atoms. The van der Waals surface area contributed by atoms with Crippen LogP contribution in [0.3, 0.4) is 0 Å². The second-order valence-electron chi connectivity index (χ2n) is 8.11. The van der Waals surface area contributed by atoms with E-state index in [0.717, 1.165) is 51.7 Å². The van der Waals surface area contributed by atoms with Gasteiger partial charge >= 0.3 is 5.97 Å². The minimum atomic E-state index is -0.665. The number of likely N-dealkylation sites (tertiary alicyclic amines) is 1. The van der Waals surface area contributed by atoms with E-state index in [9.17, 15) is 4.79 Å². The number of rotatable bonds is 6. The third kappa shape index (κ3) is 4.36. The molecule has 0 unspecified atom stereocenters. The van der Waals surface area contributed by atoms with E-state index in [1.165, 1.54) is 27.8 Å². The number of hydrogen-bond acceptors (Lipinski definition) is 2. The molecule has 0 bridgehead atoms. The average Bonchev–Trinajstić information content (AvgIpc) is 2.72. The number of carboxylic acid groups (broad SMARTS) is 1. The fourth-order valence-corrected chi connectivity index (χ4v) is 4.66. The lowest BCUT2D eigenvalue weighted by Gasteiger charge is -2.31. The zero-order valence-electron chi connectivity index (χ0n) is 16.4. The summed E-state index contributed by atoms with van der Waals surface area (Å²) in [6.45, 7) is 3.28. The Labute approximate surface area is 167 Å². The van der Waals surface area contributed by atoms with Crippen molar-refractivity contribution in [1.82, 2.24) is 4.90 Å². The number of carboxylic acids is 1. The molecule has 0 amide bonds. The molecular formula is C25H29NO2. The van der Waals surface area contributed by atoms with Crippen molar-refractivity contribution < 1.29 is 9.90 Å². The summed E-state index contributed by atoms with van der Waals surface area (Å²) in [5, 5.41) is 8.86. The Bertz CT molecular complexity index is 815. The maximum absolute atomic E-state index is 10.8. The van der Waals surface area contributed by atoms with Gasteiger partial charge in [0, 0.05) is 13.0 Å². The van der Waals surface area contributed by atoms with Gasteiger partial charge in [-0.3, -0.25) is 4.79 Å². The molecule has 0 radical (unpaired) electrons. The zero-order chi connectivity index (χ0) is 19.3. The first-order valence-corrected chi connectivity index (χ1v) is 10.5. The molecule has 1 aliphatic carbocycles. The van der Waals surface area contributed by atoms with Crippen LogP contribution in [0.25, 0.3) is 5.57 Å². The third-order valence-corrected chi connectivity index (χ3v) is 6.26. The van der Waals surface area contributed by atoms with Gasteiger partial charge in [0.05, 0.1) is 0 Å². The highest BCUT2D eigenvalue weighted by Gasteiger charge is 2.21. The normalized spacial score (nSPS) is 17.1. The number of carbonyl (C=O) groups is 1. The highest BCUT2D eigenvalue weighted by molar-refractivity contribution is 5.85. The summed E-state index contributed by atoms with van der Waals surface area (Å²) in [5.41, 5.74) is 6.99. The number of fused-ring (bicyclic) bond motifs is 2. The third-order valence-electron chi connectivity index (χ3n) is 6.26. The lowest BCUT2D eigenvalue weighted by atomic mass is 9.82. The molecule has 2 aromatic carbocycles. The van der Waals surface area contributed by atoms with Crippen molar-refractivity contribution in [3.8, 4) is 0 Å². The zero-order valence-corrected chi connectivity index (χ0v) is 16.4. The summed E-state index contributed by atoms with van der Waals surface area (Å²) in [5.74, 6) is -0.0788. The Morgan fingerprint density at radius 3 is 2.21 bits per heavy atom. The van der Waals surface area contributed by atoms with E-state index in [1.807, 2.05) is 0 Å². The molecule has 2 aromatic rings. The number of aliphatic carboxylic acids is 1. The van der Waals surface area contributed by atoms with Gasteiger partial charge in [-0.15, -0.1) is 0 Å². The van der Waals surface area contributed by atoms with Gasteiger partial charge in [-0.05, 0) is 78.9 Å². The molecule has 3 nitrogen and oxygen atoms in total. The number of benzene rings is 2. The molecule has 0 saturated carbocycles. The Kier molecular flexibility index (Phi) is 5.92. The van der Waals surface area contributed by atoms with Gasteiger partial charge in [0.25, 0.3) is 0 Å². The molecule has 0 aromatic heterocycles. The van der Waals surface area contributed by atoms with Gasteiger partial charge in [-0.2, -0.15) is 0 Å². The standard InChI is InChI=1S/C25H29NO2/c27-25(28)12-11-19-13-16-26(17-14-19)15-5-10-24-22-8-3-1-6-20(22)18-21-7-2-4-9-23(21)24/h1-4,6-10,19H,5,11-18H2,(H,27,28). The Morgan fingerprint density at radius 1 is 1.00 bits per heavy atom. The minimum Gasteiger partial charge on any atom is -0.481 e. The molecule has 1 aliphatic heterocycles. The number of hydrogen-bond donors (Lipinski definition) is 1. The predicted octanol–water partition coefficient (Wildman–Crippen LogP) is 4.99. The van der Waals surface area contributed by atoms with Crippen LogP contribution in [0.5, 0.6) is 0 Å². The summed E-state index contributed by atoms with van der Waals surface area (Å²) in [6, 6.07) is 17.6. The van der Waals surface area contributed by atoms with Crippen LogP contribution in [0.4, 0.5) is 0 Å². The van der Waals surface area contributed by atoms with Crippen molar-refractivity contribution in [2.45, 2.75) is 38.5 Å². The summed E-state index contributed by atoms with van der Waals surface area (Å²) in [4.78, 5) is 13.3. The van der Waals surface area contributed by atoms with Crippen molar-refractivity contribution in [1.29, 1.82) is 0 Å². The van der Waals surface area contributed by atoms with Crippen LogP contribution in [-0.4, -0.2) is 35.6 Å². The van der Waals surface area contributed by atoms with E-state index in [0.29, 0.717) is 12.3 Å². The summed E-state index contributed by atoms with van der Waals surface area (Å²) in [6.07, 6.45) is 7.92. The molecule has 2 aliphatic rings. The van der Waals surface area contributed by atoms with Crippen molar-refractivity contribution >= 4 is 11.5 Å². The van der Waals surface area contributed by atoms with Crippen molar-refractivity contribution in [2.24, 2.45) is 5.92 Å². The molecule has 1 N–H and O–H groups in total. The molecule has 4 rings (SSSR count). The van der Waals surface area contributed by atoms with E-state index >= 15 is 0 Å². The van der Waals surface area contributed by atoms with Crippen molar-refractivity contribution in [3.05, 3.63) is 76.9 Å². The van der Waals surface area contributed by atoms with E-state index < -0.39 is 5.97 Å². The lowest BCUT2D eigenvalue weighted by molar-refractivity contribution is -0.137. The van der Waals surface area contributed by atoms with Crippen LogP contribution in [0.15, 0.2) is 54.6 Å². The van der Waals surface area contributed by atoms with Crippen molar-refractivity contribution in [2.75, 3.05) is 19.6 Å². The van der Waals surface area contributed by atoms with Gasteiger partial charge < -0.3 is 10.0 Å². The van der Waals surface area contributed by atoms with Crippen LogP contribution >= 0.6 is 0 Å². The Balaban J connectivity index is 1.39. The van der Waals surface area contributed by atoms with E-state index in [2.05, 4.69) is 59.5 Å². The average molecular weight is 376 g/mol. The van der Waals surface area contributed by atoms with Gasteiger partial charge in [-0.25, -0.2) is 0 Å². The molecule has 0 spiro atoms. The minimum absolute atomic E-state index is 0.315. The monoisotopic (exact) mass is 375 g/mol. The summed E-state index contributed by atoms with van der Waals surface area (Å²) >= 11 is 0. The van der Waals surface area contributed by atoms with Gasteiger partial charge in [-0.1, -0.05) is 54.6 Å². The summed E-state index contributed by atoms with van der Waals surface area (Å²) < 4.78 is 0. The number of piperidine rings is 1.